The molecule has 0 radical (unpaired) electrons. The third-order valence-electron chi connectivity index (χ3n) is 6.29. The number of halogens is 1. The first-order valence-electron chi connectivity index (χ1n) is 13.2. The minimum atomic E-state index is -4.26. The SMILES string of the molecule is CCNC(=O)C(CC)N(Cc1cccc(C)c1)C(=O)CN(c1ccc(F)cc1)S(=O)(=O)c1ccc(OCC)cc1. The van der Waals surface area contributed by atoms with E-state index in [0.29, 0.717) is 25.3 Å². The second kappa shape index (κ2) is 13.9. The van der Waals surface area contributed by atoms with Crippen molar-refractivity contribution in [3.63, 3.8) is 0 Å². The van der Waals surface area contributed by atoms with E-state index in [1.807, 2.05) is 38.1 Å². The van der Waals surface area contributed by atoms with Gasteiger partial charge in [0.25, 0.3) is 10.0 Å². The second-order valence-electron chi connectivity index (χ2n) is 9.22. The van der Waals surface area contributed by atoms with Gasteiger partial charge < -0.3 is 15.0 Å². The van der Waals surface area contributed by atoms with Crippen LogP contribution in [0.25, 0.3) is 0 Å². The lowest BCUT2D eigenvalue weighted by Crippen LogP contribution is -2.52. The van der Waals surface area contributed by atoms with Crippen molar-refractivity contribution < 1.29 is 27.1 Å². The smallest absolute Gasteiger partial charge is 0.264 e. The number of rotatable bonds is 13. The quantitative estimate of drug-likeness (QED) is 0.323. The van der Waals surface area contributed by atoms with Crippen molar-refractivity contribution in [2.45, 2.75) is 51.6 Å². The number of hydrogen-bond donors (Lipinski definition) is 1. The van der Waals surface area contributed by atoms with Gasteiger partial charge in [0.1, 0.15) is 24.2 Å². The van der Waals surface area contributed by atoms with E-state index in [0.717, 1.165) is 27.6 Å². The Hall–Kier alpha value is -3.92. The molecule has 1 N–H and O–H groups in total. The summed E-state index contributed by atoms with van der Waals surface area (Å²) in [7, 11) is -4.26. The molecule has 0 aliphatic heterocycles. The maximum Gasteiger partial charge on any atom is 0.264 e. The van der Waals surface area contributed by atoms with Crippen LogP contribution in [0.5, 0.6) is 5.75 Å². The van der Waals surface area contributed by atoms with Gasteiger partial charge >= 0.3 is 0 Å². The molecule has 1 atom stereocenters. The van der Waals surface area contributed by atoms with Crippen LogP contribution in [-0.2, 0) is 26.2 Å². The van der Waals surface area contributed by atoms with Crippen LogP contribution in [0.1, 0.15) is 38.3 Å². The van der Waals surface area contributed by atoms with Gasteiger partial charge in [-0.15, -0.1) is 0 Å². The van der Waals surface area contributed by atoms with Crippen molar-refractivity contribution in [3.8, 4) is 5.75 Å². The van der Waals surface area contributed by atoms with Crippen molar-refractivity contribution in [1.29, 1.82) is 0 Å². The number of sulfonamides is 1. The number of aryl methyl sites for hydroxylation is 1. The Morgan fingerprint density at radius 3 is 2.23 bits per heavy atom. The largest absolute Gasteiger partial charge is 0.494 e. The molecule has 0 heterocycles. The second-order valence-corrected chi connectivity index (χ2v) is 11.1. The highest BCUT2D eigenvalue weighted by molar-refractivity contribution is 7.92. The number of amides is 2. The molecule has 3 rings (SSSR count). The molecule has 3 aromatic carbocycles. The number of nitrogens with zero attached hydrogens (tertiary/aromatic N) is 2. The number of anilines is 1. The lowest BCUT2D eigenvalue weighted by molar-refractivity contribution is -0.140. The Morgan fingerprint density at radius 2 is 1.65 bits per heavy atom. The minimum absolute atomic E-state index is 0.0610. The maximum atomic E-state index is 14.0. The number of carbonyl (C=O) groups is 2. The summed E-state index contributed by atoms with van der Waals surface area (Å²) in [6.07, 6.45) is 0.325. The fourth-order valence-corrected chi connectivity index (χ4v) is 5.77. The number of benzene rings is 3. The summed E-state index contributed by atoms with van der Waals surface area (Å²) >= 11 is 0. The fraction of sp³-hybridized carbons (Fsp3) is 0.333. The molecular formula is C30H36FN3O5S. The molecule has 40 heavy (non-hydrogen) atoms. The third kappa shape index (κ3) is 7.59. The van der Waals surface area contributed by atoms with E-state index < -0.39 is 34.3 Å². The van der Waals surface area contributed by atoms with Gasteiger partial charge in [-0.25, -0.2) is 12.8 Å². The zero-order valence-corrected chi connectivity index (χ0v) is 24.1. The molecule has 214 valence electrons. The van der Waals surface area contributed by atoms with E-state index in [4.69, 9.17) is 4.74 Å². The molecule has 8 nitrogen and oxygen atoms in total. The Morgan fingerprint density at radius 1 is 0.975 bits per heavy atom. The molecule has 0 aromatic heterocycles. The molecule has 0 spiro atoms. The predicted octanol–water partition coefficient (Wildman–Crippen LogP) is 4.67. The summed E-state index contributed by atoms with van der Waals surface area (Å²) in [6, 6.07) is 17.5. The van der Waals surface area contributed by atoms with E-state index in [1.165, 1.54) is 41.3 Å². The van der Waals surface area contributed by atoms with E-state index >= 15 is 0 Å². The van der Waals surface area contributed by atoms with Crippen LogP contribution in [0, 0.1) is 12.7 Å². The average Bonchev–Trinajstić information content (AvgIpc) is 2.93. The Balaban J connectivity index is 2.04. The van der Waals surface area contributed by atoms with E-state index in [1.54, 1.807) is 13.8 Å². The highest BCUT2D eigenvalue weighted by Crippen LogP contribution is 2.26. The van der Waals surface area contributed by atoms with Crippen LogP contribution in [0.3, 0.4) is 0 Å². The summed E-state index contributed by atoms with van der Waals surface area (Å²) in [4.78, 5) is 28.3. The van der Waals surface area contributed by atoms with Crippen LogP contribution < -0.4 is 14.4 Å². The van der Waals surface area contributed by atoms with Gasteiger partial charge in [-0.3, -0.25) is 13.9 Å². The van der Waals surface area contributed by atoms with Gasteiger partial charge in [-0.05, 0) is 81.3 Å². The van der Waals surface area contributed by atoms with Crippen molar-refractivity contribution in [2.75, 3.05) is 24.0 Å². The minimum Gasteiger partial charge on any atom is -0.494 e. The molecule has 0 bridgehead atoms. The summed E-state index contributed by atoms with van der Waals surface area (Å²) < 4.78 is 47.9. The van der Waals surface area contributed by atoms with Gasteiger partial charge in [0, 0.05) is 13.1 Å². The zero-order valence-electron chi connectivity index (χ0n) is 23.3. The average molecular weight is 570 g/mol. The van der Waals surface area contributed by atoms with Crippen LogP contribution in [0.2, 0.25) is 0 Å². The standard InChI is InChI=1S/C30H36FN3O5S/c1-5-28(30(36)32-6-2)33(20-23-10-8-9-22(4)19-23)29(35)21-34(25-13-11-24(31)12-14-25)40(37,38)27-17-15-26(16-18-27)39-7-3/h8-19,28H,5-7,20-21H2,1-4H3,(H,32,36). The molecule has 0 saturated carbocycles. The summed E-state index contributed by atoms with van der Waals surface area (Å²) in [5.74, 6) is -0.938. The van der Waals surface area contributed by atoms with Crippen molar-refractivity contribution in [3.05, 3.63) is 89.7 Å². The topological polar surface area (TPSA) is 96.0 Å². The number of ether oxygens (including phenoxy) is 1. The van der Waals surface area contributed by atoms with E-state index in [9.17, 15) is 22.4 Å². The molecular weight excluding hydrogens is 533 g/mol. The van der Waals surface area contributed by atoms with Gasteiger partial charge in [-0.2, -0.15) is 0 Å². The van der Waals surface area contributed by atoms with Crippen molar-refractivity contribution >= 4 is 27.5 Å². The maximum absolute atomic E-state index is 14.0. The molecule has 0 fully saturated rings. The van der Waals surface area contributed by atoms with Crippen LogP contribution in [0.15, 0.2) is 77.7 Å². The lowest BCUT2D eigenvalue weighted by Gasteiger charge is -2.33. The van der Waals surface area contributed by atoms with Crippen LogP contribution in [0.4, 0.5) is 10.1 Å². The Bertz CT molecular complexity index is 1400. The molecule has 1 unspecified atom stereocenters. The summed E-state index contributed by atoms with van der Waals surface area (Å²) in [5.41, 5.74) is 1.91. The normalized spacial score (nSPS) is 11.9. The van der Waals surface area contributed by atoms with E-state index in [2.05, 4.69) is 5.32 Å². The van der Waals surface area contributed by atoms with Gasteiger partial charge in [0.05, 0.1) is 17.2 Å². The molecule has 10 heteroatoms. The fourth-order valence-electron chi connectivity index (χ4n) is 4.36. The highest BCUT2D eigenvalue weighted by Gasteiger charge is 2.33. The first-order chi connectivity index (χ1) is 19.1. The number of hydrogen-bond acceptors (Lipinski definition) is 5. The van der Waals surface area contributed by atoms with Crippen molar-refractivity contribution in [1.82, 2.24) is 10.2 Å². The summed E-state index contributed by atoms with van der Waals surface area (Å²) in [5, 5.41) is 2.77. The number of carbonyl (C=O) groups excluding carboxylic acids is 2. The molecule has 3 aromatic rings. The lowest BCUT2D eigenvalue weighted by atomic mass is 10.1. The monoisotopic (exact) mass is 569 g/mol. The van der Waals surface area contributed by atoms with Gasteiger partial charge in [0.2, 0.25) is 11.8 Å². The molecule has 0 saturated heterocycles. The number of nitrogens with one attached hydrogen (secondary N) is 1. The number of likely N-dealkylation sites (N-methyl/N-ethyl adjacent to an activating group) is 1. The summed E-state index contributed by atoms with van der Waals surface area (Å²) in [6.45, 7) is 7.65. The van der Waals surface area contributed by atoms with Gasteiger partial charge in [-0.1, -0.05) is 36.8 Å². The highest BCUT2D eigenvalue weighted by atomic mass is 32.2. The third-order valence-corrected chi connectivity index (χ3v) is 8.08. The van der Waals surface area contributed by atoms with Crippen LogP contribution >= 0.6 is 0 Å². The molecule has 0 aliphatic rings. The first kappa shape index (κ1) is 30.6. The van der Waals surface area contributed by atoms with Gasteiger partial charge in [0.15, 0.2) is 0 Å². The Labute approximate surface area is 235 Å². The van der Waals surface area contributed by atoms with E-state index in [-0.39, 0.29) is 23.0 Å². The predicted molar refractivity (Wildman–Crippen MR) is 153 cm³/mol. The van der Waals surface area contributed by atoms with Crippen molar-refractivity contribution in [2.24, 2.45) is 0 Å². The van der Waals surface area contributed by atoms with Crippen LogP contribution in [-0.4, -0.2) is 50.9 Å². The molecule has 0 aliphatic carbocycles. The zero-order chi connectivity index (χ0) is 29.3. The Kier molecular flexibility index (Phi) is 10.7. The first-order valence-corrected chi connectivity index (χ1v) is 14.7. The molecule has 2 amide bonds.